The van der Waals surface area contributed by atoms with Crippen LogP contribution in [0.1, 0.15) is 75.0 Å². The Bertz CT molecular complexity index is 1500. The van der Waals surface area contributed by atoms with Gasteiger partial charge in [0, 0.05) is 37.8 Å². The van der Waals surface area contributed by atoms with Gasteiger partial charge in [-0.1, -0.05) is 31.5 Å². The van der Waals surface area contributed by atoms with Crippen LogP contribution in [0.15, 0.2) is 59.6 Å². The standard InChI is InChI=1S/C31H41N5O5S/c1-7-35(8-2)42(39,40)26-15-11-24(12-16-26)33-29(37)27-21-32-36(25-13-9-22(3)10-14-25)28(27)23-17-19-34(20-18-23)30(38)41-31(4,5)6/h9-16,21,23H,7-8,17-20H2,1-6H3,(H,33,37). The van der Waals surface area contributed by atoms with Gasteiger partial charge in [0.25, 0.3) is 5.91 Å². The lowest BCUT2D eigenvalue weighted by Gasteiger charge is -2.34. The molecule has 0 bridgehead atoms. The van der Waals surface area contributed by atoms with Crippen molar-refractivity contribution in [1.29, 1.82) is 0 Å². The molecule has 1 aliphatic rings. The highest BCUT2D eigenvalue weighted by Gasteiger charge is 2.32. The molecule has 11 heteroatoms. The fourth-order valence-corrected chi connectivity index (χ4v) is 6.56. The van der Waals surface area contributed by atoms with Gasteiger partial charge in [0.1, 0.15) is 5.60 Å². The van der Waals surface area contributed by atoms with E-state index < -0.39 is 15.6 Å². The third-order valence-corrected chi connectivity index (χ3v) is 9.38. The summed E-state index contributed by atoms with van der Waals surface area (Å²) < 4.78 is 34.5. The van der Waals surface area contributed by atoms with Crippen LogP contribution < -0.4 is 5.32 Å². The average Bonchev–Trinajstić information content (AvgIpc) is 3.39. The predicted octanol–water partition coefficient (Wildman–Crippen LogP) is 5.58. The maximum absolute atomic E-state index is 13.6. The van der Waals surface area contributed by atoms with Gasteiger partial charge in [-0.25, -0.2) is 17.9 Å². The molecule has 3 aromatic rings. The minimum absolute atomic E-state index is 0.0187. The molecule has 0 saturated carbocycles. The number of likely N-dealkylation sites (tertiary alicyclic amines) is 1. The van der Waals surface area contributed by atoms with Gasteiger partial charge in [-0.15, -0.1) is 0 Å². The van der Waals surface area contributed by atoms with E-state index in [1.807, 2.05) is 56.6 Å². The lowest BCUT2D eigenvalue weighted by atomic mass is 9.90. The van der Waals surface area contributed by atoms with Crippen molar-refractivity contribution < 1.29 is 22.7 Å². The second-order valence-electron chi connectivity index (χ2n) is 11.5. The van der Waals surface area contributed by atoms with Crippen LogP contribution in [0.4, 0.5) is 10.5 Å². The van der Waals surface area contributed by atoms with E-state index >= 15 is 0 Å². The largest absolute Gasteiger partial charge is 0.444 e. The quantitative estimate of drug-likeness (QED) is 0.364. The van der Waals surface area contributed by atoms with E-state index in [0.29, 0.717) is 50.3 Å². The smallest absolute Gasteiger partial charge is 0.410 e. The highest BCUT2D eigenvalue weighted by Crippen LogP contribution is 2.33. The van der Waals surface area contributed by atoms with Crippen LogP contribution in [0, 0.1) is 6.92 Å². The molecule has 1 aromatic heterocycles. The SMILES string of the molecule is CCN(CC)S(=O)(=O)c1ccc(NC(=O)c2cnn(-c3ccc(C)cc3)c2C2CCN(C(=O)OC(C)(C)C)CC2)cc1. The Morgan fingerprint density at radius 2 is 1.60 bits per heavy atom. The number of hydrogen-bond donors (Lipinski definition) is 1. The zero-order valence-electron chi connectivity index (χ0n) is 25.3. The number of carbonyl (C=O) groups excluding carboxylic acids is 2. The van der Waals surface area contributed by atoms with Gasteiger partial charge < -0.3 is 15.0 Å². The number of hydrogen-bond acceptors (Lipinski definition) is 6. The topological polar surface area (TPSA) is 114 Å². The molecule has 2 heterocycles. The number of anilines is 1. The first kappa shape index (κ1) is 31.2. The number of amides is 2. The van der Waals surface area contributed by atoms with Gasteiger partial charge in [-0.3, -0.25) is 4.79 Å². The van der Waals surface area contributed by atoms with Gasteiger partial charge in [-0.05, 0) is 76.9 Å². The summed E-state index contributed by atoms with van der Waals surface area (Å²) in [6.07, 6.45) is 2.53. The molecule has 1 saturated heterocycles. The maximum atomic E-state index is 13.6. The number of ether oxygens (including phenoxy) is 1. The Labute approximate surface area is 248 Å². The number of benzene rings is 2. The highest BCUT2D eigenvalue weighted by atomic mass is 32.2. The number of carbonyl (C=O) groups is 2. The van der Waals surface area contributed by atoms with Gasteiger partial charge in [0.2, 0.25) is 10.0 Å². The van der Waals surface area contributed by atoms with Gasteiger partial charge in [0.05, 0.1) is 28.0 Å². The summed E-state index contributed by atoms with van der Waals surface area (Å²) in [5.41, 5.74) is 3.08. The zero-order chi connectivity index (χ0) is 30.7. The van der Waals surface area contributed by atoms with Crippen LogP contribution in [0.3, 0.4) is 0 Å². The molecule has 0 unspecified atom stereocenters. The fourth-order valence-electron chi connectivity index (χ4n) is 5.10. The second kappa shape index (κ2) is 12.7. The van der Waals surface area contributed by atoms with Gasteiger partial charge in [-0.2, -0.15) is 9.40 Å². The molecular formula is C31H41N5O5S. The maximum Gasteiger partial charge on any atom is 0.410 e. The lowest BCUT2D eigenvalue weighted by Crippen LogP contribution is -2.41. The van der Waals surface area contributed by atoms with Crippen LogP contribution in [-0.4, -0.2) is 71.2 Å². The zero-order valence-corrected chi connectivity index (χ0v) is 26.1. The molecule has 0 radical (unpaired) electrons. The van der Waals surface area contributed by atoms with Crippen molar-refractivity contribution in [3.8, 4) is 5.69 Å². The summed E-state index contributed by atoms with van der Waals surface area (Å²) in [4.78, 5) is 28.1. The minimum Gasteiger partial charge on any atom is -0.444 e. The Kier molecular flexibility index (Phi) is 9.42. The van der Waals surface area contributed by atoms with E-state index in [4.69, 9.17) is 4.74 Å². The Morgan fingerprint density at radius 3 is 2.14 bits per heavy atom. The molecule has 1 fully saturated rings. The summed E-state index contributed by atoms with van der Waals surface area (Å²) in [5, 5.41) is 7.52. The molecule has 2 aromatic carbocycles. The number of sulfonamides is 1. The van der Waals surface area contributed by atoms with Crippen LogP contribution in [0.5, 0.6) is 0 Å². The first-order chi connectivity index (χ1) is 19.8. The molecule has 10 nitrogen and oxygen atoms in total. The predicted molar refractivity (Wildman–Crippen MR) is 163 cm³/mol. The van der Waals surface area contributed by atoms with Gasteiger partial charge >= 0.3 is 6.09 Å². The van der Waals surface area contributed by atoms with Crippen molar-refractivity contribution in [3.05, 3.63) is 71.5 Å². The summed E-state index contributed by atoms with van der Waals surface area (Å²) in [5.74, 6) is -0.355. The minimum atomic E-state index is -3.60. The van der Waals surface area contributed by atoms with E-state index in [1.54, 1.807) is 37.1 Å². The van der Waals surface area contributed by atoms with E-state index in [2.05, 4.69) is 10.4 Å². The number of nitrogens with one attached hydrogen (secondary N) is 1. The highest BCUT2D eigenvalue weighted by molar-refractivity contribution is 7.89. The van der Waals surface area contributed by atoms with Crippen LogP contribution in [0.2, 0.25) is 0 Å². The lowest BCUT2D eigenvalue weighted by molar-refractivity contribution is 0.0203. The number of aryl methyl sites for hydroxylation is 1. The number of nitrogens with zero attached hydrogens (tertiary/aromatic N) is 4. The summed E-state index contributed by atoms with van der Waals surface area (Å²) in [6, 6.07) is 14.1. The van der Waals surface area contributed by atoms with E-state index in [1.165, 1.54) is 16.4 Å². The first-order valence-electron chi connectivity index (χ1n) is 14.4. The molecule has 4 rings (SSSR count). The molecule has 1 N–H and O–H groups in total. The molecule has 226 valence electrons. The van der Waals surface area contributed by atoms with Crippen molar-refractivity contribution in [3.63, 3.8) is 0 Å². The fraction of sp³-hybridized carbons (Fsp3) is 0.452. The summed E-state index contributed by atoms with van der Waals surface area (Å²) in [6.45, 7) is 12.9. The Morgan fingerprint density at radius 1 is 1.00 bits per heavy atom. The third kappa shape index (κ3) is 7.01. The monoisotopic (exact) mass is 595 g/mol. The molecule has 0 spiro atoms. The Hall–Kier alpha value is -3.70. The van der Waals surface area contributed by atoms with Crippen molar-refractivity contribution in [2.45, 2.75) is 70.8 Å². The van der Waals surface area contributed by atoms with Crippen molar-refractivity contribution in [2.75, 3.05) is 31.5 Å². The number of aromatic nitrogens is 2. The van der Waals surface area contributed by atoms with E-state index in [9.17, 15) is 18.0 Å². The first-order valence-corrected chi connectivity index (χ1v) is 15.8. The van der Waals surface area contributed by atoms with Crippen LogP contribution in [0.25, 0.3) is 5.69 Å². The molecule has 0 atom stereocenters. The second-order valence-corrected chi connectivity index (χ2v) is 13.4. The molecule has 1 aliphatic heterocycles. The van der Waals surface area contributed by atoms with Gasteiger partial charge in [0.15, 0.2) is 0 Å². The summed E-state index contributed by atoms with van der Waals surface area (Å²) in [7, 11) is -3.60. The molecule has 0 aliphatic carbocycles. The van der Waals surface area contributed by atoms with Crippen LogP contribution in [-0.2, 0) is 14.8 Å². The average molecular weight is 596 g/mol. The van der Waals surface area contributed by atoms with E-state index in [-0.39, 0.29) is 22.8 Å². The van der Waals surface area contributed by atoms with Crippen molar-refractivity contribution >= 4 is 27.7 Å². The van der Waals surface area contributed by atoms with Crippen molar-refractivity contribution in [1.82, 2.24) is 19.0 Å². The van der Waals surface area contributed by atoms with Crippen molar-refractivity contribution in [2.24, 2.45) is 0 Å². The number of piperidine rings is 1. The molecular weight excluding hydrogens is 554 g/mol. The van der Waals surface area contributed by atoms with Crippen LogP contribution >= 0.6 is 0 Å². The number of rotatable bonds is 8. The third-order valence-electron chi connectivity index (χ3n) is 7.32. The molecule has 42 heavy (non-hydrogen) atoms. The Balaban J connectivity index is 1.59. The molecule has 2 amide bonds. The normalized spacial score (nSPS) is 14.7. The van der Waals surface area contributed by atoms with E-state index in [0.717, 1.165) is 16.9 Å². The summed E-state index contributed by atoms with van der Waals surface area (Å²) >= 11 is 0.